The molecule has 2 aromatic rings. The van der Waals surface area contributed by atoms with Gasteiger partial charge in [0.25, 0.3) is 0 Å². The zero-order valence-electron chi connectivity index (χ0n) is 18.7. The number of ether oxygens (including phenoxy) is 1. The number of nitrogens with zero attached hydrogens (tertiary/aromatic N) is 1. The van der Waals surface area contributed by atoms with E-state index in [2.05, 4.69) is 36.3 Å². The minimum atomic E-state index is -3.73. The van der Waals surface area contributed by atoms with E-state index in [1.807, 2.05) is 43.3 Å². The molecule has 6 atom stereocenters. The maximum absolute atomic E-state index is 13.7. The van der Waals surface area contributed by atoms with Gasteiger partial charge >= 0.3 is 0 Å². The second-order valence-electron chi connectivity index (χ2n) is 9.31. The van der Waals surface area contributed by atoms with E-state index in [-0.39, 0.29) is 35.4 Å². The van der Waals surface area contributed by atoms with Crippen molar-refractivity contribution in [1.82, 2.24) is 4.31 Å². The van der Waals surface area contributed by atoms with Crippen molar-refractivity contribution >= 4 is 10.0 Å². The smallest absolute Gasteiger partial charge is 0.244 e. The number of rotatable bonds is 7. The molecule has 0 radical (unpaired) electrons. The summed E-state index contributed by atoms with van der Waals surface area (Å²) in [5.41, 5.74) is 2.16. The SMILES string of the molecule is C#CCN([C@H]1C=C[C@@H](OCc2ccccc2)[C@@H]2[C@H]1[C@@H]1C=C[C@H]2C1)S(=O)(=O)c1ccc(C)cc1. The largest absolute Gasteiger partial charge is 0.369 e. The quantitative estimate of drug-likeness (QED) is 0.450. The van der Waals surface area contributed by atoms with Crippen LogP contribution in [0.5, 0.6) is 0 Å². The van der Waals surface area contributed by atoms with Gasteiger partial charge in [0.05, 0.1) is 24.2 Å². The maximum Gasteiger partial charge on any atom is 0.244 e. The molecule has 2 bridgehead atoms. The molecule has 4 nitrogen and oxygen atoms in total. The van der Waals surface area contributed by atoms with Crippen molar-refractivity contribution in [3.8, 4) is 12.3 Å². The number of allylic oxidation sites excluding steroid dienone is 2. The first kappa shape index (κ1) is 22.2. The first-order chi connectivity index (χ1) is 16.0. The predicted octanol–water partition coefficient (Wildman–Crippen LogP) is 4.58. The minimum Gasteiger partial charge on any atom is -0.369 e. The van der Waals surface area contributed by atoms with Crippen LogP contribution in [0.1, 0.15) is 17.5 Å². The Morgan fingerprint density at radius 3 is 2.36 bits per heavy atom. The van der Waals surface area contributed by atoms with Crippen molar-refractivity contribution in [2.24, 2.45) is 23.7 Å². The third-order valence-corrected chi connectivity index (χ3v) is 9.21. The summed E-state index contributed by atoms with van der Waals surface area (Å²) < 4.78 is 35.2. The van der Waals surface area contributed by atoms with Crippen molar-refractivity contribution in [3.05, 3.63) is 90.0 Å². The highest BCUT2D eigenvalue weighted by Crippen LogP contribution is 2.54. The minimum absolute atomic E-state index is 0.0406. The molecule has 3 aliphatic rings. The average Bonchev–Trinajstić information content (AvgIpc) is 3.45. The number of hydrogen-bond donors (Lipinski definition) is 0. The molecule has 0 N–H and O–H groups in total. The maximum atomic E-state index is 13.7. The molecule has 170 valence electrons. The second kappa shape index (κ2) is 8.95. The summed E-state index contributed by atoms with van der Waals surface area (Å²) >= 11 is 0. The van der Waals surface area contributed by atoms with E-state index in [1.54, 1.807) is 12.1 Å². The normalized spacial score (nSPS) is 29.8. The van der Waals surface area contributed by atoms with Gasteiger partial charge in [-0.25, -0.2) is 8.42 Å². The van der Waals surface area contributed by atoms with Gasteiger partial charge in [-0.1, -0.05) is 78.3 Å². The van der Waals surface area contributed by atoms with Crippen LogP contribution in [0, 0.1) is 42.9 Å². The molecule has 0 heterocycles. The Hall–Kier alpha value is -2.65. The Labute approximate surface area is 197 Å². The molecule has 0 spiro atoms. The first-order valence-electron chi connectivity index (χ1n) is 11.5. The number of terminal acetylenes is 1. The van der Waals surface area contributed by atoms with E-state index in [0.717, 1.165) is 17.5 Å². The van der Waals surface area contributed by atoms with Crippen LogP contribution in [0.2, 0.25) is 0 Å². The summed E-state index contributed by atoms with van der Waals surface area (Å²) in [6.45, 7) is 2.53. The van der Waals surface area contributed by atoms with Crippen molar-refractivity contribution in [2.45, 2.75) is 37.0 Å². The van der Waals surface area contributed by atoms with Gasteiger partial charge in [0.15, 0.2) is 0 Å². The number of aryl methyl sites for hydroxylation is 1. The van der Waals surface area contributed by atoms with Crippen LogP contribution >= 0.6 is 0 Å². The van der Waals surface area contributed by atoms with Crippen LogP contribution in [0.25, 0.3) is 0 Å². The van der Waals surface area contributed by atoms with Gasteiger partial charge in [-0.3, -0.25) is 0 Å². The lowest BCUT2D eigenvalue weighted by atomic mass is 9.72. The molecule has 0 aromatic heterocycles. The summed E-state index contributed by atoms with van der Waals surface area (Å²) in [6.07, 6.45) is 15.3. The fraction of sp³-hybridized carbons (Fsp3) is 0.357. The number of hydrogen-bond acceptors (Lipinski definition) is 3. The summed E-state index contributed by atoms with van der Waals surface area (Å²) in [7, 11) is -3.73. The first-order valence-corrected chi connectivity index (χ1v) is 13.0. The van der Waals surface area contributed by atoms with E-state index in [4.69, 9.17) is 11.2 Å². The number of sulfonamides is 1. The number of benzene rings is 2. The zero-order chi connectivity index (χ0) is 23.0. The van der Waals surface area contributed by atoms with Crippen molar-refractivity contribution < 1.29 is 13.2 Å². The molecule has 0 amide bonds. The molecular weight excluding hydrogens is 430 g/mol. The molecule has 0 saturated heterocycles. The van der Waals surface area contributed by atoms with Gasteiger partial charge in [-0.2, -0.15) is 4.31 Å². The lowest BCUT2D eigenvalue weighted by Crippen LogP contribution is -2.51. The Bertz CT molecular complexity index is 1190. The molecule has 5 rings (SSSR count). The Morgan fingerprint density at radius 2 is 1.67 bits per heavy atom. The lowest BCUT2D eigenvalue weighted by molar-refractivity contribution is -0.00791. The van der Waals surface area contributed by atoms with Crippen LogP contribution in [-0.2, 0) is 21.4 Å². The van der Waals surface area contributed by atoms with Crippen LogP contribution < -0.4 is 0 Å². The van der Waals surface area contributed by atoms with Gasteiger partial charge in [-0.05, 0) is 48.8 Å². The van der Waals surface area contributed by atoms with Crippen LogP contribution in [0.15, 0.2) is 83.8 Å². The molecule has 1 saturated carbocycles. The molecule has 3 aliphatic carbocycles. The summed E-state index contributed by atoms with van der Waals surface area (Å²) in [6, 6.07) is 16.9. The van der Waals surface area contributed by atoms with E-state index < -0.39 is 10.0 Å². The third kappa shape index (κ3) is 4.08. The van der Waals surface area contributed by atoms with E-state index in [1.165, 1.54) is 4.31 Å². The zero-order valence-corrected chi connectivity index (χ0v) is 19.6. The fourth-order valence-corrected chi connectivity index (χ4v) is 7.36. The molecule has 33 heavy (non-hydrogen) atoms. The molecule has 0 unspecified atom stereocenters. The standard InChI is InChI=1S/C28H29NO3S/c1-3-17-29(33(30,31)24-13-9-20(2)10-14-24)25-15-16-26(32-19-21-7-5-4-6-8-21)28-23-12-11-22(18-23)27(25)28/h1,4-16,22-23,25-28H,17-19H2,2H3/t22-,23+,25+,26-,27+,28-/m1/s1. The van der Waals surface area contributed by atoms with Gasteiger partial charge in [0.2, 0.25) is 10.0 Å². The molecule has 2 aromatic carbocycles. The highest BCUT2D eigenvalue weighted by Gasteiger charge is 2.54. The fourth-order valence-electron chi connectivity index (χ4n) is 5.83. The Morgan fingerprint density at radius 1 is 0.970 bits per heavy atom. The van der Waals surface area contributed by atoms with Crippen LogP contribution in [0.3, 0.4) is 0 Å². The van der Waals surface area contributed by atoms with Gasteiger partial charge < -0.3 is 4.74 Å². The van der Waals surface area contributed by atoms with Crippen molar-refractivity contribution in [1.29, 1.82) is 0 Å². The van der Waals surface area contributed by atoms with Gasteiger partial charge in [0, 0.05) is 12.0 Å². The molecular formula is C28H29NO3S. The molecule has 0 aliphatic heterocycles. The van der Waals surface area contributed by atoms with Crippen LogP contribution in [0.4, 0.5) is 0 Å². The van der Waals surface area contributed by atoms with E-state index in [0.29, 0.717) is 18.4 Å². The van der Waals surface area contributed by atoms with E-state index in [9.17, 15) is 8.42 Å². The van der Waals surface area contributed by atoms with Crippen molar-refractivity contribution in [2.75, 3.05) is 6.54 Å². The molecule has 5 heteroatoms. The van der Waals surface area contributed by atoms with Crippen LogP contribution in [-0.4, -0.2) is 31.4 Å². The Kier molecular flexibility index (Phi) is 6.01. The second-order valence-corrected chi connectivity index (χ2v) is 11.2. The lowest BCUT2D eigenvalue weighted by Gasteiger charge is -2.43. The topological polar surface area (TPSA) is 46.6 Å². The monoisotopic (exact) mass is 459 g/mol. The molecule has 1 fully saturated rings. The summed E-state index contributed by atoms with van der Waals surface area (Å²) in [5.74, 6) is 3.74. The third-order valence-electron chi connectivity index (χ3n) is 7.35. The Balaban J connectivity index is 1.46. The highest BCUT2D eigenvalue weighted by molar-refractivity contribution is 7.89. The summed E-state index contributed by atoms with van der Waals surface area (Å²) in [5, 5.41) is 0. The average molecular weight is 460 g/mol. The van der Waals surface area contributed by atoms with Gasteiger partial charge in [0.1, 0.15) is 0 Å². The van der Waals surface area contributed by atoms with Gasteiger partial charge in [-0.15, -0.1) is 6.42 Å². The predicted molar refractivity (Wildman–Crippen MR) is 130 cm³/mol. The number of fused-ring (bicyclic) bond motifs is 5. The summed E-state index contributed by atoms with van der Waals surface area (Å²) in [4.78, 5) is 0.287. The highest BCUT2D eigenvalue weighted by atomic mass is 32.2. The van der Waals surface area contributed by atoms with Crippen molar-refractivity contribution in [3.63, 3.8) is 0 Å². The van der Waals surface area contributed by atoms with E-state index >= 15 is 0 Å².